The van der Waals surface area contributed by atoms with Crippen molar-refractivity contribution >= 4 is 0 Å². The number of fused-ring (bicyclic) bond motifs is 1. The van der Waals surface area contributed by atoms with Crippen LogP contribution in [0, 0.1) is 0 Å². The molecule has 0 amide bonds. The smallest absolute Gasteiger partial charge is 0.0111 e. The summed E-state index contributed by atoms with van der Waals surface area (Å²) in [6.45, 7) is 2.24. The molecule has 0 saturated heterocycles. The minimum atomic E-state index is 0.237. The van der Waals surface area contributed by atoms with Gasteiger partial charge in [0.05, 0.1) is 0 Å². The molecule has 2 aromatic rings. The van der Waals surface area contributed by atoms with Crippen LogP contribution in [0.1, 0.15) is 41.9 Å². The van der Waals surface area contributed by atoms with E-state index in [4.69, 9.17) is 5.73 Å². The summed E-state index contributed by atoms with van der Waals surface area (Å²) in [6.07, 6.45) is 2.29. The molecule has 1 aliphatic carbocycles. The lowest BCUT2D eigenvalue weighted by atomic mass is 9.73. The topological polar surface area (TPSA) is 26.0 Å². The molecule has 0 fully saturated rings. The van der Waals surface area contributed by atoms with Gasteiger partial charge in [0.15, 0.2) is 0 Å². The van der Waals surface area contributed by atoms with Crippen LogP contribution in [0.4, 0.5) is 0 Å². The second-order valence-corrected chi connectivity index (χ2v) is 5.70. The van der Waals surface area contributed by atoms with E-state index in [0.29, 0.717) is 11.8 Å². The Morgan fingerprint density at radius 2 is 1.74 bits per heavy atom. The van der Waals surface area contributed by atoms with Gasteiger partial charge in [-0.3, -0.25) is 0 Å². The van der Waals surface area contributed by atoms with Gasteiger partial charge in [0.25, 0.3) is 0 Å². The van der Waals surface area contributed by atoms with Gasteiger partial charge in [0.1, 0.15) is 0 Å². The molecule has 98 valence electrons. The van der Waals surface area contributed by atoms with Crippen LogP contribution in [-0.2, 0) is 6.42 Å². The number of hydrogen-bond donors (Lipinski definition) is 1. The van der Waals surface area contributed by atoms with Crippen molar-refractivity contribution in [2.45, 2.75) is 37.6 Å². The molecule has 0 spiro atoms. The SMILES string of the molecule is CC(c1ccccc1)C(N)CC1Cc2ccccc21. The van der Waals surface area contributed by atoms with Crippen LogP contribution in [0.3, 0.4) is 0 Å². The summed E-state index contributed by atoms with van der Waals surface area (Å²) in [6, 6.07) is 19.6. The minimum Gasteiger partial charge on any atom is -0.327 e. The lowest BCUT2D eigenvalue weighted by Crippen LogP contribution is -2.32. The van der Waals surface area contributed by atoms with Crippen LogP contribution >= 0.6 is 0 Å². The molecule has 2 aromatic carbocycles. The molecule has 3 atom stereocenters. The molecular formula is C18H21N. The fourth-order valence-corrected chi connectivity index (χ4v) is 3.11. The number of rotatable bonds is 4. The standard InChI is InChI=1S/C18H21N/c1-13(14-7-3-2-4-8-14)18(19)12-16-11-15-9-5-6-10-17(15)16/h2-10,13,16,18H,11-12,19H2,1H3. The average Bonchev–Trinajstić information content (AvgIpc) is 2.44. The molecule has 0 radical (unpaired) electrons. The van der Waals surface area contributed by atoms with Gasteiger partial charge in [-0.25, -0.2) is 0 Å². The molecule has 1 aliphatic rings. The van der Waals surface area contributed by atoms with E-state index in [2.05, 4.69) is 61.5 Å². The molecule has 0 aliphatic heterocycles. The van der Waals surface area contributed by atoms with Crippen molar-refractivity contribution in [3.8, 4) is 0 Å². The van der Waals surface area contributed by atoms with Crippen molar-refractivity contribution in [2.24, 2.45) is 5.73 Å². The molecule has 3 rings (SSSR count). The van der Waals surface area contributed by atoms with Crippen LogP contribution in [0.2, 0.25) is 0 Å². The second kappa shape index (κ2) is 5.18. The second-order valence-electron chi connectivity index (χ2n) is 5.70. The Hall–Kier alpha value is -1.60. The zero-order chi connectivity index (χ0) is 13.2. The molecule has 0 bridgehead atoms. The highest BCUT2D eigenvalue weighted by molar-refractivity contribution is 5.40. The first-order valence-corrected chi connectivity index (χ1v) is 7.14. The highest BCUT2D eigenvalue weighted by Gasteiger charge is 2.28. The Bertz CT molecular complexity index is 547. The zero-order valence-electron chi connectivity index (χ0n) is 11.4. The average molecular weight is 251 g/mol. The fraction of sp³-hybridized carbons (Fsp3) is 0.333. The van der Waals surface area contributed by atoms with E-state index in [-0.39, 0.29) is 6.04 Å². The van der Waals surface area contributed by atoms with E-state index < -0.39 is 0 Å². The molecule has 1 heteroatoms. The maximum Gasteiger partial charge on any atom is 0.0111 e. The normalized spacial score (nSPS) is 20.2. The van der Waals surface area contributed by atoms with E-state index in [1.165, 1.54) is 23.1 Å². The third-order valence-corrected chi connectivity index (χ3v) is 4.49. The van der Waals surface area contributed by atoms with Crippen LogP contribution in [-0.4, -0.2) is 6.04 Å². The monoisotopic (exact) mass is 251 g/mol. The Morgan fingerprint density at radius 3 is 2.47 bits per heavy atom. The van der Waals surface area contributed by atoms with Crippen molar-refractivity contribution in [2.75, 3.05) is 0 Å². The van der Waals surface area contributed by atoms with Gasteiger partial charge in [-0.2, -0.15) is 0 Å². The third-order valence-electron chi connectivity index (χ3n) is 4.49. The van der Waals surface area contributed by atoms with Gasteiger partial charge < -0.3 is 5.73 Å². The van der Waals surface area contributed by atoms with Crippen molar-refractivity contribution in [3.05, 3.63) is 71.3 Å². The van der Waals surface area contributed by atoms with Gasteiger partial charge in [-0.05, 0) is 41.4 Å². The summed E-state index contributed by atoms with van der Waals surface area (Å²) in [4.78, 5) is 0. The Kier molecular flexibility index (Phi) is 3.39. The number of hydrogen-bond acceptors (Lipinski definition) is 1. The fourth-order valence-electron chi connectivity index (χ4n) is 3.11. The Morgan fingerprint density at radius 1 is 1.05 bits per heavy atom. The lowest BCUT2D eigenvalue weighted by Gasteiger charge is -2.33. The van der Waals surface area contributed by atoms with Gasteiger partial charge in [0, 0.05) is 6.04 Å². The molecule has 0 heterocycles. The van der Waals surface area contributed by atoms with E-state index in [9.17, 15) is 0 Å². The summed E-state index contributed by atoms with van der Waals surface area (Å²) >= 11 is 0. The van der Waals surface area contributed by atoms with Crippen molar-refractivity contribution in [1.29, 1.82) is 0 Å². The molecular weight excluding hydrogens is 230 g/mol. The minimum absolute atomic E-state index is 0.237. The highest BCUT2D eigenvalue weighted by atomic mass is 14.7. The molecule has 3 unspecified atom stereocenters. The first kappa shape index (κ1) is 12.4. The quantitative estimate of drug-likeness (QED) is 0.877. The molecule has 1 nitrogen and oxygen atoms in total. The molecule has 2 N–H and O–H groups in total. The summed E-state index contributed by atoms with van der Waals surface area (Å²) in [5, 5.41) is 0. The molecule has 0 aromatic heterocycles. The van der Waals surface area contributed by atoms with Gasteiger partial charge in [-0.15, -0.1) is 0 Å². The van der Waals surface area contributed by atoms with Crippen molar-refractivity contribution in [1.82, 2.24) is 0 Å². The molecule has 19 heavy (non-hydrogen) atoms. The van der Waals surface area contributed by atoms with E-state index in [1.807, 2.05) is 0 Å². The lowest BCUT2D eigenvalue weighted by molar-refractivity contribution is 0.445. The van der Waals surface area contributed by atoms with Gasteiger partial charge in [-0.1, -0.05) is 61.5 Å². The largest absolute Gasteiger partial charge is 0.327 e. The van der Waals surface area contributed by atoms with E-state index in [0.717, 1.165) is 6.42 Å². The Labute approximate surface area is 115 Å². The zero-order valence-corrected chi connectivity index (χ0v) is 11.4. The summed E-state index contributed by atoms with van der Waals surface area (Å²) < 4.78 is 0. The van der Waals surface area contributed by atoms with Gasteiger partial charge >= 0.3 is 0 Å². The predicted molar refractivity (Wildman–Crippen MR) is 80.3 cm³/mol. The molecule has 0 saturated carbocycles. The van der Waals surface area contributed by atoms with E-state index in [1.54, 1.807) is 0 Å². The first-order chi connectivity index (χ1) is 9.25. The van der Waals surface area contributed by atoms with Crippen LogP contribution in [0.15, 0.2) is 54.6 Å². The number of nitrogens with two attached hydrogens (primary N) is 1. The van der Waals surface area contributed by atoms with E-state index >= 15 is 0 Å². The Balaban J connectivity index is 1.66. The number of benzene rings is 2. The first-order valence-electron chi connectivity index (χ1n) is 7.14. The van der Waals surface area contributed by atoms with Crippen LogP contribution in [0.5, 0.6) is 0 Å². The van der Waals surface area contributed by atoms with Crippen molar-refractivity contribution in [3.63, 3.8) is 0 Å². The van der Waals surface area contributed by atoms with Gasteiger partial charge in [0.2, 0.25) is 0 Å². The van der Waals surface area contributed by atoms with Crippen LogP contribution < -0.4 is 5.73 Å². The summed E-state index contributed by atoms with van der Waals surface area (Å²) in [5.74, 6) is 1.09. The maximum atomic E-state index is 6.42. The summed E-state index contributed by atoms with van der Waals surface area (Å²) in [7, 11) is 0. The van der Waals surface area contributed by atoms with Crippen molar-refractivity contribution < 1.29 is 0 Å². The predicted octanol–water partition coefficient (Wildman–Crippen LogP) is 3.85. The van der Waals surface area contributed by atoms with Crippen LogP contribution in [0.25, 0.3) is 0 Å². The summed E-state index contributed by atoms with van der Waals surface area (Å²) in [5.41, 5.74) is 10.8. The highest BCUT2D eigenvalue weighted by Crippen LogP contribution is 2.39. The maximum absolute atomic E-state index is 6.42. The third kappa shape index (κ3) is 2.43.